The first-order valence-corrected chi connectivity index (χ1v) is 11.9. The van der Waals surface area contributed by atoms with Crippen molar-refractivity contribution < 1.29 is 9.21 Å². The fourth-order valence-corrected chi connectivity index (χ4v) is 4.68. The molecule has 3 aromatic heterocycles. The zero-order valence-corrected chi connectivity index (χ0v) is 19.1. The average molecular weight is 454 g/mol. The molecule has 2 fully saturated rings. The van der Waals surface area contributed by atoms with Gasteiger partial charge in [0.2, 0.25) is 23.6 Å². The summed E-state index contributed by atoms with van der Waals surface area (Å²) in [5, 5.41) is 4.35. The Bertz CT molecular complexity index is 1090. The Balaban J connectivity index is 1.30. The molecule has 3 aromatic rings. The zero-order chi connectivity index (χ0) is 22.8. The molecule has 2 aliphatic rings. The molecule has 0 saturated carbocycles. The van der Waals surface area contributed by atoms with Gasteiger partial charge in [0, 0.05) is 32.7 Å². The minimum atomic E-state index is -0.272. The van der Waals surface area contributed by atoms with E-state index in [1.807, 2.05) is 9.80 Å². The van der Waals surface area contributed by atoms with Gasteiger partial charge in [-0.3, -0.25) is 9.69 Å². The maximum absolute atomic E-state index is 13.4. The van der Waals surface area contributed by atoms with E-state index in [4.69, 9.17) is 10.2 Å². The van der Waals surface area contributed by atoms with Gasteiger partial charge in [0.15, 0.2) is 5.76 Å². The van der Waals surface area contributed by atoms with Crippen LogP contribution < -0.4 is 10.6 Å². The van der Waals surface area contributed by atoms with Gasteiger partial charge in [-0.2, -0.15) is 19.5 Å². The van der Waals surface area contributed by atoms with Crippen LogP contribution in [0.5, 0.6) is 0 Å². The number of anilines is 2. The maximum Gasteiger partial charge on any atom is 0.259 e. The first kappa shape index (κ1) is 21.6. The van der Waals surface area contributed by atoms with Crippen molar-refractivity contribution >= 4 is 23.6 Å². The fourth-order valence-electron chi connectivity index (χ4n) is 4.68. The lowest BCUT2D eigenvalue weighted by atomic mass is 10.1. The van der Waals surface area contributed by atoms with Crippen LogP contribution in [-0.2, 0) is 4.79 Å². The van der Waals surface area contributed by atoms with Crippen molar-refractivity contribution in [3.63, 3.8) is 0 Å². The second kappa shape index (κ2) is 9.34. The Labute approximate surface area is 192 Å². The van der Waals surface area contributed by atoms with Crippen LogP contribution in [-0.4, -0.2) is 85.6 Å². The SMILES string of the molecule is CCCCCN1CCN(C(=O)[C@@H]2CCCN2c2nc(N)n3nc(-c4ccco4)nc3n2)CC1. The molecule has 5 heterocycles. The standard InChI is InChI=1S/C22H31N9O2/c1-2-3-4-9-28-11-13-29(14-12-28)19(32)16-7-5-10-30(16)21-25-20(23)31-22(26-21)24-18(27-31)17-8-6-15-33-17/h6,8,15-16H,2-5,7,9-14H2,1H3,(H2,23,24,25,26,27)/t16-/m0/s1. The number of nitrogens with two attached hydrogens (primary N) is 1. The highest BCUT2D eigenvalue weighted by atomic mass is 16.3. The molecule has 0 spiro atoms. The summed E-state index contributed by atoms with van der Waals surface area (Å²) in [5.74, 6) is 2.02. The van der Waals surface area contributed by atoms with Gasteiger partial charge in [-0.05, 0) is 37.9 Å². The predicted molar refractivity (Wildman–Crippen MR) is 124 cm³/mol. The van der Waals surface area contributed by atoms with Gasteiger partial charge in [0.1, 0.15) is 6.04 Å². The number of hydrogen-bond acceptors (Lipinski definition) is 9. The van der Waals surface area contributed by atoms with Crippen molar-refractivity contribution in [2.75, 3.05) is 49.9 Å². The lowest BCUT2D eigenvalue weighted by Gasteiger charge is -2.37. The van der Waals surface area contributed by atoms with Crippen molar-refractivity contribution in [2.45, 2.75) is 45.1 Å². The number of nitrogens with zero attached hydrogens (tertiary/aromatic N) is 8. The summed E-state index contributed by atoms with van der Waals surface area (Å²) in [4.78, 5) is 33.3. The van der Waals surface area contributed by atoms with Crippen LogP contribution in [0.2, 0.25) is 0 Å². The number of carbonyl (C=O) groups is 1. The second-order valence-electron chi connectivity index (χ2n) is 8.73. The quantitative estimate of drug-likeness (QED) is 0.532. The molecule has 0 aliphatic carbocycles. The molecule has 33 heavy (non-hydrogen) atoms. The number of aromatic nitrogens is 5. The van der Waals surface area contributed by atoms with E-state index in [0.29, 0.717) is 29.9 Å². The molecular weight excluding hydrogens is 422 g/mol. The summed E-state index contributed by atoms with van der Waals surface area (Å²) in [5.41, 5.74) is 6.17. The first-order valence-electron chi connectivity index (χ1n) is 11.9. The number of hydrogen-bond donors (Lipinski definition) is 1. The smallest absolute Gasteiger partial charge is 0.259 e. The number of nitrogen functional groups attached to an aromatic ring is 1. The molecular formula is C22H31N9O2. The van der Waals surface area contributed by atoms with E-state index in [0.717, 1.165) is 45.6 Å². The molecule has 5 rings (SSSR count). The highest BCUT2D eigenvalue weighted by Gasteiger charge is 2.36. The summed E-state index contributed by atoms with van der Waals surface area (Å²) >= 11 is 0. The number of fused-ring (bicyclic) bond motifs is 1. The minimum Gasteiger partial charge on any atom is -0.461 e. The van der Waals surface area contributed by atoms with Crippen molar-refractivity contribution in [3.8, 4) is 11.6 Å². The summed E-state index contributed by atoms with van der Waals surface area (Å²) < 4.78 is 6.77. The van der Waals surface area contributed by atoms with Crippen molar-refractivity contribution in [1.29, 1.82) is 0 Å². The first-order chi connectivity index (χ1) is 16.1. The summed E-state index contributed by atoms with van der Waals surface area (Å²) in [6.07, 6.45) is 6.98. The molecule has 11 heteroatoms. The van der Waals surface area contributed by atoms with Crippen LogP contribution in [0.1, 0.15) is 39.0 Å². The monoisotopic (exact) mass is 453 g/mol. The van der Waals surface area contributed by atoms with Crippen LogP contribution in [0, 0.1) is 0 Å². The van der Waals surface area contributed by atoms with Gasteiger partial charge in [-0.25, -0.2) is 0 Å². The van der Waals surface area contributed by atoms with Crippen molar-refractivity contribution in [3.05, 3.63) is 18.4 Å². The van der Waals surface area contributed by atoms with Gasteiger partial charge >= 0.3 is 0 Å². The third-order valence-electron chi connectivity index (χ3n) is 6.52. The molecule has 0 bridgehead atoms. The number of carbonyl (C=O) groups excluding carboxylic acids is 1. The van der Waals surface area contributed by atoms with E-state index in [1.54, 1.807) is 18.4 Å². The van der Waals surface area contributed by atoms with E-state index in [-0.39, 0.29) is 17.9 Å². The van der Waals surface area contributed by atoms with E-state index < -0.39 is 0 Å². The Hall–Kier alpha value is -3.21. The third-order valence-corrected chi connectivity index (χ3v) is 6.52. The molecule has 1 amide bonds. The molecule has 2 N–H and O–H groups in total. The van der Waals surface area contributed by atoms with Gasteiger partial charge in [-0.15, -0.1) is 5.10 Å². The largest absolute Gasteiger partial charge is 0.461 e. The molecule has 1 atom stereocenters. The number of unbranched alkanes of at least 4 members (excludes halogenated alkanes) is 2. The van der Waals surface area contributed by atoms with Crippen LogP contribution in [0.4, 0.5) is 11.9 Å². The van der Waals surface area contributed by atoms with Gasteiger partial charge < -0.3 is 20.0 Å². The summed E-state index contributed by atoms with van der Waals surface area (Å²) in [6.45, 7) is 7.47. The van der Waals surface area contributed by atoms with Gasteiger partial charge in [0.25, 0.3) is 5.78 Å². The van der Waals surface area contributed by atoms with Crippen LogP contribution in [0.25, 0.3) is 17.4 Å². The molecule has 0 radical (unpaired) electrons. The normalized spacial score (nSPS) is 19.6. The maximum atomic E-state index is 13.4. The lowest BCUT2D eigenvalue weighted by Crippen LogP contribution is -2.54. The molecule has 2 aliphatic heterocycles. The van der Waals surface area contributed by atoms with Gasteiger partial charge in [-0.1, -0.05) is 19.8 Å². The zero-order valence-electron chi connectivity index (χ0n) is 19.1. The number of furan rings is 1. The number of piperazine rings is 1. The molecule has 2 saturated heterocycles. The summed E-state index contributed by atoms with van der Waals surface area (Å²) in [7, 11) is 0. The summed E-state index contributed by atoms with van der Waals surface area (Å²) in [6, 6.07) is 3.27. The van der Waals surface area contributed by atoms with Crippen molar-refractivity contribution in [1.82, 2.24) is 34.4 Å². The van der Waals surface area contributed by atoms with E-state index in [1.165, 1.54) is 23.8 Å². The van der Waals surface area contributed by atoms with Crippen LogP contribution in [0.3, 0.4) is 0 Å². The third kappa shape index (κ3) is 4.37. The highest BCUT2D eigenvalue weighted by molar-refractivity contribution is 5.85. The Morgan fingerprint density at radius 2 is 2.00 bits per heavy atom. The highest BCUT2D eigenvalue weighted by Crippen LogP contribution is 2.26. The molecule has 11 nitrogen and oxygen atoms in total. The van der Waals surface area contributed by atoms with Crippen molar-refractivity contribution in [2.24, 2.45) is 0 Å². The molecule has 0 aromatic carbocycles. The fraction of sp³-hybridized carbons (Fsp3) is 0.591. The number of rotatable bonds is 7. The van der Waals surface area contributed by atoms with Crippen LogP contribution >= 0.6 is 0 Å². The topological polar surface area (TPSA) is 122 Å². The average Bonchev–Trinajstić information content (AvgIpc) is 3.59. The Morgan fingerprint density at radius 3 is 2.76 bits per heavy atom. The Kier molecular flexibility index (Phi) is 6.12. The van der Waals surface area contributed by atoms with Crippen LogP contribution in [0.15, 0.2) is 22.8 Å². The lowest BCUT2D eigenvalue weighted by molar-refractivity contribution is -0.134. The second-order valence-corrected chi connectivity index (χ2v) is 8.73. The molecule has 176 valence electrons. The number of amides is 1. The predicted octanol–water partition coefficient (Wildman–Crippen LogP) is 1.66. The Morgan fingerprint density at radius 1 is 1.15 bits per heavy atom. The minimum absolute atomic E-state index is 0.153. The van der Waals surface area contributed by atoms with E-state index in [9.17, 15) is 4.79 Å². The molecule has 0 unspecified atom stereocenters. The van der Waals surface area contributed by atoms with E-state index >= 15 is 0 Å². The van der Waals surface area contributed by atoms with E-state index in [2.05, 4.69) is 31.9 Å². The van der Waals surface area contributed by atoms with Gasteiger partial charge in [0.05, 0.1) is 6.26 Å².